The first kappa shape index (κ1) is 21.5. The molecule has 1 aliphatic rings. The van der Waals surface area contributed by atoms with Crippen molar-refractivity contribution < 1.29 is 23.8 Å². The number of carboxylic acid groups (broad SMARTS) is 1. The summed E-state index contributed by atoms with van der Waals surface area (Å²) in [5.41, 5.74) is 2.79. The van der Waals surface area contributed by atoms with Crippen LogP contribution in [-0.4, -0.2) is 23.8 Å². The Morgan fingerprint density at radius 2 is 2.00 bits per heavy atom. The van der Waals surface area contributed by atoms with Crippen LogP contribution in [-0.2, 0) is 9.53 Å². The molecular formula is C23H24BrFO4. The van der Waals surface area contributed by atoms with Crippen LogP contribution in [0.15, 0.2) is 59.1 Å². The van der Waals surface area contributed by atoms with Gasteiger partial charge in [0.1, 0.15) is 11.6 Å². The highest BCUT2D eigenvalue weighted by molar-refractivity contribution is 9.10. The van der Waals surface area contributed by atoms with E-state index in [0.29, 0.717) is 5.75 Å². The van der Waals surface area contributed by atoms with E-state index in [1.165, 1.54) is 12.1 Å². The van der Waals surface area contributed by atoms with Gasteiger partial charge in [-0.1, -0.05) is 40.2 Å². The van der Waals surface area contributed by atoms with Gasteiger partial charge in [-0.15, -0.1) is 0 Å². The normalized spacial score (nSPS) is 24.1. The van der Waals surface area contributed by atoms with Gasteiger partial charge in [0.15, 0.2) is 6.61 Å². The van der Waals surface area contributed by atoms with Gasteiger partial charge in [0.2, 0.25) is 0 Å². The van der Waals surface area contributed by atoms with E-state index in [1.54, 1.807) is 18.2 Å². The molecule has 2 aromatic carbocycles. The molecule has 6 heteroatoms. The lowest BCUT2D eigenvalue weighted by atomic mass is 9.76. The molecule has 1 saturated heterocycles. The highest BCUT2D eigenvalue weighted by atomic mass is 79.9. The maximum Gasteiger partial charge on any atom is 0.341 e. The highest BCUT2D eigenvalue weighted by Gasteiger charge is 2.39. The van der Waals surface area contributed by atoms with Crippen LogP contribution in [0.3, 0.4) is 0 Å². The lowest BCUT2D eigenvalue weighted by molar-refractivity contribution is -0.139. The predicted octanol–water partition coefficient (Wildman–Crippen LogP) is 5.88. The summed E-state index contributed by atoms with van der Waals surface area (Å²) in [4.78, 5) is 11.0. The molecule has 1 fully saturated rings. The predicted molar refractivity (Wildman–Crippen MR) is 113 cm³/mol. The summed E-state index contributed by atoms with van der Waals surface area (Å²) < 4.78 is 26.2. The standard InChI is InChI=1S/C23H24BrFO4/c1-13(2)18-11-19(15-4-7-17(25)8-5-15)14(3)29-23(18)20-10-16(24)6-9-21(20)28-12-22(26)27/h4-10,14,18-19,23H,1,11-12H2,2-3H3,(H,26,27)/t14-,18+,19-,23-/m0/s1. The smallest absolute Gasteiger partial charge is 0.341 e. The number of aliphatic carboxylic acids is 1. The summed E-state index contributed by atoms with van der Waals surface area (Å²) in [6, 6.07) is 12.0. The van der Waals surface area contributed by atoms with Gasteiger partial charge in [0.25, 0.3) is 0 Å². The first-order valence-electron chi connectivity index (χ1n) is 9.46. The Kier molecular flexibility index (Phi) is 6.75. The monoisotopic (exact) mass is 462 g/mol. The zero-order valence-corrected chi connectivity index (χ0v) is 18.0. The molecule has 0 radical (unpaired) electrons. The van der Waals surface area contributed by atoms with Crippen molar-refractivity contribution in [2.45, 2.75) is 38.4 Å². The van der Waals surface area contributed by atoms with Gasteiger partial charge in [-0.2, -0.15) is 0 Å². The molecule has 0 unspecified atom stereocenters. The van der Waals surface area contributed by atoms with Crippen molar-refractivity contribution in [1.29, 1.82) is 0 Å². The number of hydrogen-bond donors (Lipinski definition) is 1. The van der Waals surface area contributed by atoms with Crippen LogP contribution in [0.4, 0.5) is 4.39 Å². The van der Waals surface area contributed by atoms with E-state index in [0.717, 1.165) is 27.6 Å². The first-order valence-corrected chi connectivity index (χ1v) is 10.3. The molecule has 154 valence electrons. The Balaban J connectivity index is 1.94. The van der Waals surface area contributed by atoms with Crippen molar-refractivity contribution in [3.8, 4) is 5.75 Å². The second kappa shape index (κ2) is 9.09. The molecule has 4 nitrogen and oxygen atoms in total. The molecule has 3 rings (SSSR count). The zero-order valence-electron chi connectivity index (χ0n) is 16.4. The van der Waals surface area contributed by atoms with Gasteiger partial charge in [-0.25, -0.2) is 9.18 Å². The summed E-state index contributed by atoms with van der Waals surface area (Å²) in [5, 5.41) is 8.99. The molecule has 0 spiro atoms. The molecule has 0 amide bonds. The molecule has 0 bridgehead atoms. The summed E-state index contributed by atoms with van der Waals surface area (Å²) >= 11 is 3.49. The third-order valence-electron chi connectivity index (χ3n) is 5.36. The molecule has 0 saturated carbocycles. The van der Waals surface area contributed by atoms with Gasteiger partial charge in [-0.05, 0) is 56.2 Å². The van der Waals surface area contributed by atoms with Crippen LogP contribution in [0.25, 0.3) is 0 Å². The van der Waals surface area contributed by atoms with Crippen LogP contribution >= 0.6 is 15.9 Å². The number of hydrogen-bond acceptors (Lipinski definition) is 3. The van der Waals surface area contributed by atoms with Crippen molar-refractivity contribution in [2.75, 3.05) is 6.61 Å². The van der Waals surface area contributed by atoms with Gasteiger partial charge in [0.05, 0.1) is 12.2 Å². The van der Waals surface area contributed by atoms with E-state index in [-0.39, 0.29) is 29.9 Å². The fourth-order valence-corrected chi connectivity index (χ4v) is 4.27. The Bertz CT molecular complexity index is 896. The SMILES string of the molecule is C=C(C)[C@H]1C[C@H](c2ccc(F)cc2)[C@H](C)O[C@@H]1c1cc(Br)ccc1OCC(=O)O. The number of benzene rings is 2. The average Bonchev–Trinajstić information content (AvgIpc) is 2.67. The van der Waals surface area contributed by atoms with E-state index >= 15 is 0 Å². The van der Waals surface area contributed by atoms with Gasteiger partial charge in [-0.3, -0.25) is 0 Å². The van der Waals surface area contributed by atoms with Crippen LogP contribution in [0.5, 0.6) is 5.75 Å². The molecular weight excluding hydrogens is 439 g/mol. The van der Waals surface area contributed by atoms with Crippen LogP contribution < -0.4 is 4.74 Å². The molecule has 1 aliphatic heterocycles. The third kappa shape index (κ3) is 5.06. The molecule has 1 N–H and O–H groups in total. The van der Waals surface area contributed by atoms with Crippen LogP contribution in [0.1, 0.15) is 43.4 Å². The minimum atomic E-state index is -1.04. The quantitative estimate of drug-likeness (QED) is 0.544. The van der Waals surface area contributed by atoms with Crippen LogP contribution in [0, 0.1) is 11.7 Å². The van der Waals surface area contributed by atoms with Crippen molar-refractivity contribution in [3.63, 3.8) is 0 Å². The molecule has 0 aromatic heterocycles. The van der Waals surface area contributed by atoms with Crippen molar-refractivity contribution in [3.05, 3.63) is 76.0 Å². The maximum absolute atomic E-state index is 13.3. The maximum atomic E-state index is 13.3. The largest absolute Gasteiger partial charge is 0.482 e. The van der Waals surface area contributed by atoms with Gasteiger partial charge >= 0.3 is 5.97 Å². The summed E-state index contributed by atoms with van der Waals surface area (Å²) in [6.07, 6.45) is 0.352. The Labute approximate surface area is 178 Å². The topological polar surface area (TPSA) is 55.8 Å². The molecule has 0 aliphatic carbocycles. The van der Waals surface area contributed by atoms with Gasteiger partial charge in [0, 0.05) is 21.9 Å². The molecule has 1 heterocycles. The summed E-state index contributed by atoms with van der Waals surface area (Å²) in [6.45, 7) is 7.71. The number of ether oxygens (including phenoxy) is 2. The zero-order chi connectivity index (χ0) is 21.1. The van der Waals surface area contributed by atoms with Gasteiger partial charge < -0.3 is 14.6 Å². The minimum absolute atomic E-state index is 0.00253. The average molecular weight is 463 g/mol. The number of carboxylic acids is 1. The minimum Gasteiger partial charge on any atom is -0.482 e. The summed E-state index contributed by atoms with van der Waals surface area (Å²) in [7, 11) is 0. The Morgan fingerprint density at radius 3 is 2.62 bits per heavy atom. The molecule has 4 atom stereocenters. The second-order valence-electron chi connectivity index (χ2n) is 7.47. The first-order chi connectivity index (χ1) is 13.8. The van der Waals surface area contributed by atoms with E-state index in [9.17, 15) is 9.18 Å². The highest BCUT2D eigenvalue weighted by Crippen LogP contribution is 2.48. The fourth-order valence-electron chi connectivity index (χ4n) is 3.89. The van der Waals surface area contributed by atoms with E-state index in [2.05, 4.69) is 22.5 Å². The van der Waals surface area contributed by atoms with Crippen molar-refractivity contribution in [2.24, 2.45) is 5.92 Å². The Hall–Kier alpha value is -2.18. The lowest BCUT2D eigenvalue weighted by Gasteiger charge is -2.42. The fraction of sp³-hybridized carbons (Fsp3) is 0.348. The van der Waals surface area contributed by atoms with Crippen molar-refractivity contribution in [1.82, 2.24) is 0 Å². The second-order valence-corrected chi connectivity index (χ2v) is 8.39. The summed E-state index contributed by atoms with van der Waals surface area (Å²) in [5.74, 6) is -0.711. The third-order valence-corrected chi connectivity index (χ3v) is 5.86. The number of rotatable bonds is 6. The number of halogens is 2. The lowest BCUT2D eigenvalue weighted by Crippen LogP contribution is -2.34. The Morgan fingerprint density at radius 1 is 1.31 bits per heavy atom. The van der Waals surface area contributed by atoms with E-state index in [4.69, 9.17) is 14.6 Å². The van der Waals surface area contributed by atoms with E-state index in [1.807, 2.05) is 26.0 Å². The molecule has 29 heavy (non-hydrogen) atoms. The van der Waals surface area contributed by atoms with Crippen LogP contribution in [0.2, 0.25) is 0 Å². The number of carbonyl (C=O) groups is 1. The molecule has 2 aromatic rings. The van der Waals surface area contributed by atoms with Crippen molar-refractivity contribution >= 4 is 21.9 Å². The van der Waals surface area contributed by atoms with E-state index < -0.39 is 12.6 Å².